The van der Waals surface area contributed by atoms with E-state index in [1.165, 1.54) is 17.8 Å². The molecule has 1 heterocycles. The van der Waals surface area contributed by atoms with Gasteiger partial charge in [-0.25, -0.2) is 4.79 Å². The molecule has 17 heavy (non-hydrogen) atoms. The molecule has 0 aliphatic rings. The highest BCUT2D eigenvalue weighted by Crippen LogP contribution is 2.19. The predicted molar refractivity (Wildman–Crippen MR) is 71.7 cm³/mol. The summed E-state index contributed by atoms with van der Waals surface area (Å²) in [4.78, 5) is 14.7. The van der Waals surface area contributed by atoms with Gasteiger partial charge in [0.2, 0.25) is 0 Å². The fraction of sp³-hybridized carbons (Fsp3) is 0.615. The number of carboxylic acid groups (broad SMARTS) is 1. The molecule has 3 nitrogen and oxygen atoms in total. The van der Waals surface area contributed by atoms with Crippen LogP contribution in [0.1, 0.15) is 41.7 Å². The minimum Gasteiger partial charge on any atom is -0.477 e. The number of hydrogen-bond donors (Lipinski definition) is 1. The van der Waals surface area contributed by atoms with Crippen molar-refractivity contribution in [3.63, 3.8) is 0 Å². The molecule has 96 valence electrons. The van der Waals surface area contributed by atoms with Crippen LogP contribution in [0.5, 0.6) is 0 Å². The van der Waals surface area contributed by atoms with E-state index in [2.05, 4.69) is 25.7 Å². The van der Waals surface area contributed by atoms with Gasteiger partial charge in [-0.1, -0.05) is 27.2 Å². The van der Waals surface area contributed by atoms with Gasteiger partial charge in [-0.3, -0.25) is 4.90 Å². The minimum atomic E-state index is -0.828. The minimum absolute atomic E-state index is 0.430. The average Bonchev–Trinajstić information content (AvgIpc) is 2.76. The lowest BCUT2D eigenvalue weighted by Crippen LogP contribution is -2.27. The number of carbonyl (C=O) groups is 1. The van der Waals surface area contributed by atoms with E-state index in [-0.39, 0.29) is 0 Å². The quantitative estimate of drug-likeness (QED) is 0.812. The lowest BCUT2D eigenvalue weighted by atomic mass is 10.1. The molecule has 0 bridgehead atoms. The van der Waals surface area contributed by atoms with Crippen LogP contribution < -0.4 is 0 Å². The Hall–Kier alpha value is -0.870. The molecule has 0 spiro atoms. The number of carboxylic acids is 1. The first-order chi connectivity index (χ1) is 8.06. The van der Waals surface area contributed by atoms with E-state index in [1.807, 2.05) is 6.07 Å². The fourth-order valence-corrected chi connectivity index (χ4v) is 2.56. The first-order valence-electron chi connectivity index (χ1n) is 6.11. The molecule has 1 atom stereocenters. The van der Waals surface area contributed by atoms with Crippen LogP contribution >= 0.6 is 11.3 Å². The zero-order chi connectivity index (χ0) is 12.8. The third-order valence-electron chi connectivity index (χ3n) is 2.97. The molecule has 0 radical (unpaired) electrons. The molecular weight excluding hydrogens is 234 g/mol. The Bertz CT molecular complexity index is 362. The standard InChI is InChI=1S/C13H21NO2S/c1-4-10(3)8-14(5-2)9-11-6-7-12(17-11)13(15)16/h6-7,10H,4-5,8-9H2,1-3H3,(H,15,16). The van der Waals surface area contributed by atoms with E-state index in [1.54, 1.807) is 6.07 Å². The molecular formula is C13H21NO2S. The molecule has 1 aromatic heterocycles. The summed E-state index contributed by atoms with van der Waals surface area (Å²) in [6.07, 6.45) is 1.18. The molecule has 0 fully saturated rings. The Balaban J connectivity index is 2.57. The van der Waals surface area contributed by atoms with Crippen LogP contribution in [0.3, 0.4) is 0 Å². The summed E-state index contributed by atoms with van der Waals surface area (Å²) < 4.78 is 0. The van der Waals surface area contributed by atoms with E-state index < -0.39 is 5.97 Å². The predicted octanol–water partition coefficient (Wildman–Crippen LogP) is 3.31. The zero-order valence-electron chi connectivity index (χ0n) is 10.8. The molecule has 0 saturated carbocycles. The number of aromatic carboxylic acids is 1. The highest BCUT2D eigenvalue weighted by molar-refractivity contribution is 7.13. The third kappa shape index (κ3) is 4.48. The summed E-state index contributed by atoms with van der Waals surface area (Å²) in [6, 6.07) is 3.62. The summed E-state index contributed by atoms with van der Waals surface area (Å²) in [5, 5.41) is 8.87. The summed E-state index contributed by atoms with van der Waals surface area (Å²) in [6.45, 7) is 9.54. The van der Waals surface area contributed by atoms with Crippen molar-refractivity contribution >= 4 is 17.3 Å². The van der Waals surface area contributed by atoms with Crippen molar-refractivity contribution in [1.82, 2.24) is 4.90 Å². The van der Waals surface area contributed by atoms with Gasteiger partial charge in [-0.15, -0.1) is 11.3 Å². The number of nitrogens with zero attached hydrogens (tertiary/aromatic N) is 1. The molecule has 0 aromatic carbocycles. The Labute approximate surface area is 107 Å². The second-order valence-corrected chi connectivity index (χ2v) is 5.58. The van der Waals surface area contributed by atoms with Gasteiger partial charge in [-0.05, 0) is 24.6 Å². The largest absolute Gasteiger partial charge is 0.477 e. The van der Waals surface area contributed by atoms with Crippen LogP contribution in [0.4, 0.5) is 0 Å². The first kappa shape index (κ1) is 14.2. The SMILES string of the molecule is CCC(C)CN(CC)Cc1ccc(C(=O)O)s1. The molecule has 0 saturated heterocycles. The lowest BCUT2D eigenvalue weighted by molar-refractivity contribution is 0.0702. The van der Waals surface area contributed by atoms with Gasteiger partial charge in [0.25, 0.3) is 0 Å². The van der Waals surface area contributed by atoms with Crippen molar-refractivity contribution in [3.8, 4) is 0 Å². The monoisotopic (exact) mass is 255 g/mol. The van der Waals surface area contributed by atoms with Crippen LogP contribution in [0.2, 0.25) is 0 Å². The van der Waals surface area contributed by atoms with Crippen LogP contribution in [-0.4, -0.2) is 29.1 Å². The Morgan fingerprint density at radius 2 is 2.18 bits per heavy atom. The van der Waals surface area contributed by atoms with Gasteiger partial charge in [0.1, 0.15) is 4.88 Å². The number of thiophene rings is 1. The Morgan fingerprint density at radius 3 is 2.65 bits per heavy atom. The smallest absolute Gasteiger partial charge is 0.345 e. The first-order valence-corrected chi connectivity index (χ1v) is 6.92. The van der Waals surface area contributed by atoms with E-state index >= 15 is 0 Å². The van der Waals surface area contributed by atoms with Crippen molar-refractivity contribution in [2.75, 3.05) is 13.1 Å². The van der Waals surface area contributed by atoms with Gasteiger partial charge in [0.15, 0.2) is 0 Å². The molecule has 4 heteroatoms. The Morgan fingerprint density at radius 1 is 1.47 bits per heavy atom. The van der Waals surface area contributed by atoms with Crippen LogP contribution in [0, 0.1) is 5.92 Å². The molecule has 1 rings (SSSR count). The summed E-state index contributed by atoms with van der Waals surface area (Å²) in [5.74, 6) is -0.139. The topological polar surface area (TPSA) is 40.5 Å². The Kier molecular flexibility index (Phi) is 5.65. The van der Waals surface area contributed by atoms with Crippen LogP contribution in [-0.2, 0) is 6.54 Å². The van der Waals surface area contributed by atoms with Gasteiger partial charge in [0.05, 0.1) is 0 Å². The summed E-state index contributed by atoms with van der Waals surface area (Å²) in [5.41, 5.74) is 0. The summed E-state index contributed by atoms with van der Waals surface area (Å²) >= 11 is 1.38. The van der Waals surface area contributed by atoms with Crippen LogP contribution in [0.25, 0.3) is 0 Å². The highest BCUT2D eigenvalue weighted by Gasteiger charge is 2.11. The van der Waals surface area contributed by atoms with Crippen molar-refractivity contribution in [3.05, 3.63) is 21.9 Å². The maximum atomic E-state index is 10.8. The van der Waals surface area contributed by atoms with Crippen molar-refractivity contribution in [2.45, 2.75) is 33.7 Å². The van der Waals surface area contributed by atoms with Crippen molar-refractivity contribution in [2.24, 2.45) is 5.92 Å². The average molecular weight is 255 g/mol. The third-order valence-corrected chi connectivity index (χ3v) is 4.02. The second kappa shape index (κ2) is 6.77. The summed E-state index contributed by atoms with van der Waals surface area (Å²) in [7, 11) is 0. The zero-order valence-corrected chi connectivity index (χ0v) is 11.6. The van der Waals surface area contributed by atoms with Gasteiger partial charge in [0, 0.05) is 18.0 Å². The number of hydrogen-bond acceptors (Lipinski definition) is 3. The van der Waals surface area contributed by atoms with Crippen LogP contribution in [0.15, 0.2) is 12.1 Å². The molecule has 0 aliphatic carbocycles. The van der Waals surface area contributed by atoms with E-state index in [9.17, 15) is 4.79 Å². The highest BCUT2D eigenvalue weighted by atomic mass is 32.1. The normalized spacial score (nSPS) is 12.9. The van der Waals surface area contributed by atoms with Gasteiger partial charge in [-0.2, -0.15) is 0 Å². The lowest BCUT2D eigenvalue weighted by Gasteiger charge is -2.22. The van der Waals surface area contributed by atoms with E-state index in [4.69, 9.17) is 5.11 Å². The van der Waals surface area contributed by atoms with Gasteiger partial charge >= 0.3 is 5.97 Å². The molecule has 0 aliphatic heterocycles. The van der Waals surface area contributed by atoms with E-state index in [0.29, 0.717) is 10.8 Å². The van der Waals surface area contributed by atoms with Crippen molar-refractivity contribution in [1.29, 1.82) is 0 Å². The molecule has 1 unspecified atom stereocenters. The maximum Gasteiger partial charge on any atom is 0.345 e. The molecule has 1 aromatic rings. The van der Waals surface area contributed by atoms with Gasteiger partial charge < -0.3 is 5.11 Å². The molecule has 0 amide bonds. The maximum absolute atomic E-state index is 10.8. The fourth-order valence-electron chi connectivity index (χ4n) is 1.67. The second-order valence-electron chi connectivity index (χ2n) is 4.41. The number of rotatable bonds is 7. The van der Waals surface area contributed by atoms with Crippen molar-refractivity contribution < 1.29 is 9.90 Å². The molecule has 1 N–H and O–H groups in total. The van der Waals surface area contributed by atoms with E-state index in [0.717, 1.165) is 24.5 Å².